The van der Waals surface area contributed by atoms with Crippen LogP contribution in [0.25, 0.3) is 0 Å². The topological polar surface area (TPSA) is 24.1 Å². The lowest BCUT2D eigenvalue weighted by molar-refractivity contribution is -0.120. The highest BCUT2D eigenvalue weighted by Gasteiger charge is 2.63. The lowest BCUT2D eigenvalue weighted by Crippen LogP contribution is -2.60. The van der Waals surface area contributed by atoms with E-state index in [0.717, 1.165) is 50.4 Å². The van der Waals surface area contributed by atoms with Crippen LogP contribution in [0.5, 0.6) is 0 Å². The van der Waals surface area contributed by atoms with Crippen LogP contribution >= 0.6 is 31.9 Å². The third kappa shape index (κ3) is 6.49. The molecule has 10 atom stereocenters. The summed E-state index contributed by atoms with van der Waals surface area (Å²) < 4.78 is 2.31. The zero-order valence-electron chi connectivity index (χ0n) is 27.3. The van der Waals surface area contributed by atoms with Gasteiger partial charge in [0.2, 0.25) is 0 Å². The first kappa shape index (κ1) is 32.0. The van der Waals surface area contributed by atoms with Crippen LogP contribution < -0.4 is 10.6 Å². The van der Waals surface area contributed by atoms with Crippen molar-refractivity contribution in [2.24, 2.45) is 52.3 Å². The molecule has 4 aliphatic rings. The number of hydrogen-bond acceptors (Lipinski definition) is 2. The van der Waals surface area contributed by atoms with E-state index in [2.05, 4.69) is 126 Å². The van der Waals surface area contributed by atoms with Gasteiger partial charge in [0.1, 0.15) is 0 Å². The molecule has 0 aromatic heterocycles. The number of nitrogens with one attached hydrogen (secondary N) is 2. The number of rotatable bonds is 9. The van der Waals surface area contributed by atoms with Gasteiger partial charge in [-0.25, -0.2) is 0 Å². The van der Waals surface area contributed by atoms with Gasteiger partial charge in [-0.05, 0) is 152 Å². The minimum Gasteiger partial charge on any atom is -0.382 e. The van der Waals surface area contributed by atoms with Crippen LogP contribution in [0, 0.1) is 52.3 Å². The van der Waals surface area contributed by atoms with E-state index in [1.807, 2.05) is 0 Å². The van der Waals surface area contributed by atoms with Gasteiger partial charge in [-0.15, -0.1) is 0 Å². The largest absolute Gasteiger partial charge is 0.382 e. The Morgan fingerprint density at radius 2 is 1.33 bits per heavy atom. The van der Waals surface area contributed by atoms with Crippen LogP contribution in [0.2, 0.25) is 0 Å². The van der Waals surface area contributed by atoms with Gasteiger partial charge in [0, 0.05) is 32.4 Å². The molecule has 4 heteroatoms. The molecule has 0 aliphatic heterocycles. The molecule has 4 saturated carbocycles. The second kappa shape index (κ2) is 13.0. The zero-order chi connectivity index (χ0) is 30.4. The highest BCUT2D eigenvalue weighted by atomic mass is 79.9. The van der Waals surface area contributed by atoms with E-state index in [9.17, 15) is 0 Å². The first-order chi connectivity index (χ1) is 20.6. The molecule has 0 amide bonds. The Kier molecular flexibility index (Phi) is 9.67. The fourth-order valence-corrected chi connectivity index (χ4v) is 11.6. The SMILES string of the molecule is CC(C)CCC[C@@H](C)[C@H]1CC[C@H]2[C@@H]3[C@H](Nc4ccc(Br)cc4)C[C@H]4C[C@H](Nc5ccc(Br)cc5)CC[C@]4(C)[C@H]3CC[C@]12C. The van der Waals surface area contributed by atoms with Crippen LogP contribution in [0.1, 0.15) is 105 Å². The fraction of sp³-hybridized carbons (Fsp3) is 0.692. The number of halogens is 2. The van der Waals surface area contributed by atoms with Gasteiger partial charge in [-0.3, -0.25) is 0 Å². The van der Waals surface area contributed by atoms with Crippen molar-refractivity contribution in [1.82, 2.24) is 0 Å². The van der Waals surface area contributed by atoms with E-state index in [1.165, 1.54) is 82.0 Å². The predicted molar refractivity (Wildman–Crippen MR) is 192 cm³/mol. The predicted octanol–water partition coefficient (Wildman–Crippen LogP) is 12.2. The molecule has 2 aromatic carbocycles. The van der Waals surface area contributed by atoms with Crippen LogP contribution in [-0.4, -0.2) is 12.1 Å². The normalized spacial score (nSPS) is 37.7. The Bertz CT molecular complexity index is 1210. The highest BCUT2D eigenvalue weighted by Crippen LogP contribution is 2.68. The molecule has 0 radical (unpaired) electrons. The number of hydrogen-bond donors (Lipinski definition) is 2. The smallest absolute Gasteiger partial charge is 0.0343 e. The zero-order valence-corrected chi connectivity index (χ0v) is 30.5. The van der Waals surface area contributed by atoms with Crippen molar-refractivity contribution in [3.63, 3.8) is 0 Å². The average Bonchev–Trinajstić information content (AvgIpc) is 3.33. The quantitative estimate of drug-likeness (QED) is 0.270. The van der Waals surface area contributed by atoms with Gasteiger partial charge in [-0.1, -0.05) is 85.7 Å². The Labute approximate surface area is 279 Å². The minimum absolute atomic E-state index is 0.461. The molecule has 0 spiro atoms. The van der Waals surface area contributed by atoms with Crippen molar-refractivity contribution < 1.29 is 0 Å². The van der Waals surface area contributed by atoms with E-state index in [-0.39, 0.29) is 0 Å². The van der Waals surface area contributed by atoms with Gasteiger partial charge >= 0.3 is 0 Å². The maximum atomic E-state index is 4.20. The van der Waals surface area contributed by atoms with Gasteiger partial charge in [0.15, 0.2) is 0 Å². The van der Waals surface area contributed by atoms with E-state index in [0.29, 0.717) is 22.9 Å². The molecule has 236 valence electrons. The molecule has 2 nitrogen and oxygen atoms in total. The molecule has 0 saturated heterocycles. The average molecular weight is 713 g/mol. The maximum absolute atomic E-state index is 4.20. The molecule has 2 N–H and O–H groups in total. The third-order valence-corrected chi connectivity index (χ3v) is 14.4. The summed E-state index contributed by atoms with van der Waals surface area (Å²) >= 11 is 7.28. The lowest BCUT2D eigenvalue weighted by Gasteiger charge is -2.63. The number of benzene rings is 2. The molecule has 0 unspecified atom stereocenters. The Balaban J connectivity index is 1.25. The third-order valence-electron chi connectivity index (χ3n) is 13.3. The van der Waals surface area contributed by atoms with Crippen molar-refractivity contribution in [1.29, 1.82) is 0 Å². The summed E-state index contributed by atoms with van der Waals surface area (Å²) in [6.07, 6.45) is 15.3. The van der Waals surface area contributed by atoms with Gasteiger partial charge in [0.25, 0.3) is 0 Å². The summed E-state index contributed by atoms with van der Waals surface area (Å²) in [4.78, 5) is 0. The second-order valence-corrected chi connectivity index (χ2v) is 18.0. The number of fused-ring (bicyclic) bond motifs is 5. The van der Waals surface area contributed by atoms with Gasteiger partial charge in [-0.2, -0.15) is 0 Å². The lowest BCUT2D eigenvalue weighted by atomic mass is 9.43. The summed E-state index contributed by atoms with van der Waals surface area (Å²) in [6, 6.07) is 18.9. The summed E-state index contributed by atoms with van der Waals surface area (Å²) in [5.41, 5.74) is 3.53. The van der Waals surface area contributed by atoms with E-state index in [1.54, 1.807) is 0 Å². The van der Waals surface area contributed by atoms with Crippen molar-refractivity contribution in [3.05, 3.63) is 57.5 Å². The maximum Gasteiger partial charge on any atom is 0.0343 e. The Morgan fingerprint density at radius 3 is 1.98 bits per heavy atom. The highest BCUT2D eigenvalue weighted by molar-refractivity contribution is 9.10. The molecule has 0 bridgehead atoms. The standard InChI is InChI=1S/C39H56Br2N2/c1-25(2)7-6-8-26(3)33-17-18-34-37-35(20-22-39(33,34)5)38(4)21-19-32(42-30-13-9-28(40)10-14-30)23-27(38)24-36(37)43-31-15-11-29(41)12-16-31/h9-16,25-27,32-37,42-43H,6-8,17-24H2,1-5H3/t26-,27-,32-,33-,34+,35+,36-,37+,38+,39-/m1/s1. The molecule has 2 aromatic rings. The second-order valence-electron chi connectivity index (χ2n) is 16.1. The summed E-state index contributed by atoms with van der Waals surface area (Å²) in [6.45, 7) is 12.9. The van der Waals surface area contributed by atoms with E-state index >= 15 is 0 Å². The first-order valence-corrected chi connectivity index (χ1v) is 19.2. The van der Waals surface area contributed by atoms with E-state index < -0.39 is 0 Å². The molecule has 43 heavy (non-hydrogen) atoms. The van der Waals surface area contributed by atoms with Gasteiger partial charge < -0.3 is 10.6 Å². The molecule has 4 aliphatic carbocycles. The molecular formula is C39H56Br2N2. The molecular weight excluding hydrogens is 656 g/mol. The van der Waals surface area contributed by atoms with Gasteiger partial charge in [0.05, 0.1) is 0 Å². The summed E-state index contributed by atoms with van der Waals surface area (Å²) in [5, 5.41) is 8.14. The van der Waals surface area contributed by atoms with Crippen molar-refractivity contribution in [3.8, 4) is 0 Å². The molecule has 6 rings (SSSR count). The van der Waals surface area contributed by atoms with Crippen molar-refractivity contribution in [2.75, 3.05) is 10.6 Å². The van der Waals surface area contributed by atoms with Crippen molar-refractivity contribution in [2.45, 2.75) is 117 Å². The molecule has 4 fully saturated rings. The van der Waals surface area contributed by atoms with Crippen LogP contribution in [0.15, 0.2) is 57.5 Å². The monoisotopic (exact) mass is 710 g/mol. The van der Waals surface area contributed by atoms with Crippen molar-refractivity contribution >= 4 is 43.2 Å². The first-order valence-electron chi connectivity index (χ1n) is 17.6. The summed E-state index contributed by atoms with van der Waals surface area (Å²) in [5.74, 6) is 5.82. The van der Waals surface area contributed by atoms with Crippen LogP contribution in [0.4, 0.5) is 11.4 Å². The Hall–Kier alpha value is -1.00. The van der Waals surface area contributed by atoms with E-state index in [4.69, 9.17) is 0 Å². The fourth-order valence-electron chi connectivity index (χ4n) is 11.1. The number of anilines is 2. The minimum atomic E-state index is 0.461. The van der Waals surface area contributed by atoms with Crippen LogP contribution in [0.3, 0.4) is 0 Å². The molecule has 0 heterocycles. The summed E-state index contributed by atoms with van der Waals surface area (Å²) in [7, 11) is 0. The van der Waals surface area contributed by atoms with Crippen LogP contribution in [-0.2, 0) is 0 Å². The Morgan fingerprint density at radius 1 is 0.721 bits per heavy atom.